The van der Waals surface area contributed by atoms with Crippen LogP contribution in [0.1, 0.15) is 23.6 Å². The van der Waals surface area contributed by atoms with Gasteiger partial charge in [-0.1, -0.05) is 6.07 Å². The quantitative estimate of drug-likeness (QED) is 0.543. The van der Waals surface area contributed by atoms with Crippen LogP contribution in [-0.2, 0) is 6.42 Å². The summed E-state index contributed by atoms with van der Waals surface area (Å²) in [7, 11) is 0. The zero-order valence-corrected chi connectivity index (χ0v) is 6.38. The Hall–Kier alpha value is -1.02. The van der Waals surface area contributed by atoms with Gasteiger partial charge in [0.15, 0.2) is 0 Å². The van der Waals surface area contributed by atoms with E-state index in [4.69, 9.17) is 11.5 Å². The molecule has 0 aromatic heterocycles. The lowest BCUT2D eigenvalue weighted by Crippen LogP contribution is -2.04. The maximum atomic E-state index is 5.86. The molecule has 2 nitrogen and oxygen atoms in total. The molecule has 0 saturated heterocycles. The monoisotopic (exact) mass is 148 g/mol. The molecule has 0 aliphatic heterocycles. The highest BCUT2D eigenvalue weighted by atomic mass is 14.6. The van der Waals surface area contributed by atoms with Gasteiger partial charge in [0.25, 0.3) is 0 Å². The van der Waals surface area contributed by atoms with Crippen LogP contribution in [0.4, 0.5) is 5.69 Å². The van der Waals surface area contributed by atoms with Crippen molar-refractivity contribution >= 4 is 5.69 Å². The van der Waals surface area contributed by atoms with E-state index in [1.165, 1.54) is 11.1 Å². The lowest BCUT2D eigenvalue weighted by Gasteiger charge is -2.03. The zero-order chi connectivity index (χ0) is 7.84. The summed E-state index contributed by atoms with van der Waals surface area (Å²) in [6.45, 7) is 0. The average molecular weight is 148 g/mol. The topological polar surface area (TPSA) is 52.0 Å². The van der Waals surface area contributed by atoms with Gasteiger partial charge in [-0.15, -0.1) is 0 Å². The van der Waals surface area contributed by atoms with Gasteiger partial charge in [-0.05, 0) is 36.1 Å². The first kappa shape index (κ1) is 6.68. The fraction of sp³-hybridized carbons (Fsp3) is 0.333. The van der Waals surface area contributed by atoms with Crippen molar-refractivity contribution in [2.24, 2.45) is 5.73 Å². The van der Waals surface area contributed by atoms with Crippen molar-refractivity contribution in [2.45, 2.75) is 18.9 Å². The van der Waals surface area contributed by atoms with E-state index in [2.05, 4.69) is 0 Å². The van der Waals surface area contributed by atoms with Gasteiger partial charge in [0.1, 0.15) is 0 Å². The first-order chi connectivity index (χ1) is 5.27. The molecule has 0 radical (unpaired) electrons. The molecule has 2 heteroatoms. The molecule has 4 N–H and O–H groups in total. The normalized spacial score (nSPS) is 21.7. The number of nitrogens with two attached hydrogens (primary N) is 2. The van der Waals surface area contributed by atoms with Crippen molar-refractivity contribution < 1.29 is 0 Å². The number of aryl methyl sites for hydroxylation is 1. The van der Waals surface area contributed by atoms with Crippen LogP contribution in [0.2, 0.25) is 0 Å². The zero-order valence-electron chi connectivity index (χ0n) is 6.38. The van der Waals surface area contributed by atoms with Crippen LogP contribution in [0.3, 0.4) is 0 Å². The Morgan fingerprint density at radius 2 is 2.18 bits per heavy atom. The number of anilines is 1. The molecule has 0 amide bonds. The van der Waals surface area contributed by atoms with E-state index in [1.807, 2.05) is 18.2 Å². The SMILES string of the molecule is Nc1ccc2c(c1)CC[C@@H]2N. The summed E-state index contributed by atoms with van der Waals surface area (Å²) < 4.78 is 0. The Labute approximate surface area is 66.2 Å². The molecule has 0 unspecified atom stereocenters. The second-order valence-electron chi connectivity index (χ2n) is 3.10. The minimum atomic E-state index is 0.241. The minimum Gasteiger partial charge on any atom is -0.399 e. The number of hydrogen-bond acceptors (Lipinski definition) is 2. The molecule has 0 heterocycles. The predicted octanol–water partition coefficient (Wildman–Crippen LogP) is 1.21. The summed E-state index contributed by atoms with van der Waals surface area (Å²) in [5, 5.41) is 0. The molecule has 0 saturated carbocycles. The lowest BCUT2D eigenvalue weighted by molar-refractivity contribution is 0.713. The lowest BCUT2D eigenvalue weighted by atomic mass is 10.1. The van der Waals surface area contributed by atoms with Crippen molar-refractivity contribution in [3.05, 3.63) is 29.3 Å². The van der Waals surface area contributed by atoms with Gasteiger partial charge in [-0.25, -0.2) is 0 Å². The predicted molar refractivity (Wildman–Crippen MR) is 46.1 cm³/mol. The molecule has 1 aliphatic rings. The molecule has 11 heavy (non-hydrogen) atoms. The van der Waals surface area contributed by atoms with E-state index < -0.39 is 0 Å². The first-order valence-electron chi connectivity index (χ1n) is 3.91. The van der Waals surface area contributed by atoms with Gasteiger partial charge >= 0.3 is 0 Å². The van der Waals surface area contributed by atoms with Crippen LogP contribution in [0.15, 0.2) is 18.2 Å². The highest BCUT2D eigenvalue weighted by molar-refractivity contribution is 5.47. The van der Waals surface area contributed by atoms with Crippen LogP contribution < -0.4 is 11.5 Å². The summed E-state index contributed by atoms with van der Waals surface area (Å²) in [6.07, 6.45) is 2.15. The average Bonchev–Trinajstić information content (AvgIpc) is 2.32. The molecular weight excluding hydrogens is 136 g/mol. The van der Waals surface area contributed by atoms with Crippen molar-refractivity contribution in [1.82, 2.24) is 0 Å². The van der Waals surface area contributed by atoms with E-state index in [0.29, 0.717) is 0 Å². The summed E-state index contributed by atoms with van der Waals surface area (Å²) in [4.78, 5) is 0. The van der Waals surface area contributed by atoms with Crippen LogP contribution in [0.5, 0.6) is 0 Å². The number of benzene rings is 1. The summed E-state index contributed by atoms with van der Waals surface area (Å²) in [5.41, 5.74) is 14.9. The van der Waals surface area contributed by atoms with Gasteiger partial charge in [0.2, 0.25) is 0 Å². The van der Waals surface area contributed by atoms with E-state index in [9.17, 15) is 0 Å². The number of fused-ring (bicyclic) bond motifs is 1. The summed E-state index contributed by atoms with van der Waals surface area (Å²) in [6, 6.07) is 6.24. The maximum absolute atomic E-state index is 5.86. The highest BCUT2D eigenvalue weighted by Crippen LogP contribution is 2.30. The molecule has 0 spiro atoms. The van der Waals surface area contributed by atoms with Gasteiger partial charge in [0.05, 0.1) is 0 Å². The van der Waals surface area contributed by atoms with Crippen molar-refractivity contribution in [1.29, 1.82) is 0 Å². The molecule has 0 bridgehead atoms. The van der Waals surface area contributed by atoms with Gasteiger partial charge in [-0.3, -0.25) is 0 Å². The van der Waals surface area contributed by atoms with E-state index in [-0.39, 0.29) is 6.04 Å². The molecular formula is C9H12N2. The molecule has 2 rings (SSSR count). The van der Waals surface area contributed by atoms with Crippen LogP contribution >= 0.6 is 0 Å². The van der Waals surface area contributed by atoms with Crippen LogP contribution in [0.25, 0.3) is 0 Å². The minimum absolute atomic E-state index is 0.241. The Bertz CT molecular complexity index is 281. The number of rotatable bonds is 0. The van der Waals surface area contributed by atoms with E-state index >= 15 is 0 Å². The van der Waals surface area contributed by atoms with Gasteiger partial charge < -0.3 is 11.5 Å². The molecule has 1 aromatic carbocycles. The van der Waals surface area contributed by atoms with Crippen LogP contribution in [-0.4, -0.2) is 0 Å². The second-order valence-corrected chi connectivity index (χ2v) is 3.10. The molecule has 1 atom stereocenters. The third kappa shape index (κ3) is 0.994. The number of nitrogen functional groups attached to an aromatic ring is 1. The first-order valence-corrected chi connectivity index (χ1v) is 3.91. The second kappa shape index (κ2) is 2.24. The van der Waals surface area contributed by atoms with E-state index in [0.717, 1.165) is 18.5 Å². The third-order valence-corrected chi connectivity index (χ3v) is 2.29. The largest absolute Gasteiger partial charge is 0.399 e. The Morgan fingerprint density at radius 1 is 1.36 bits per heavy atom. The maximum Gasteiger partial charge on any atom is 0.0316 e. The smallest absolute Gasteiger partial charge is 0.0316 e. The third-order valence-electron chi connectivity index (χ3n) is 2.29. The molecule has 0 fully saturated rings. The standard InChI is InChI=1S/C9H12N2/c10-7-2-3-8-6(5-7)1-4-9(8)11/h2-3,5,9H,1,4,10-11H2/t9-/m0/s1. The Morgan fingerprint density at radius 3 is 3.00 bits per heavy atom. The molecule has 1 aromatic rings. The summed E-state index contributed by atoms with van der Waals surface area (Å²) in [5.74, 6) is 0. The Balaban J connectivity index is 2.50. The molecule has 58 valence electrons. The van der Waals surface area contributed by atoms with Gasteiger partial charge in [-0.2, -0.15) is 0 Å². The number of hydrogen-bond donors (Lipinski definition) is 2. The van der Waals surface area contributed by atoms with Gasteiger partial charge in [0, 0.05) is 11.7 Å². The van der Waals surface area contributed by atoms with Crippen molar-refractivity contribution in [3.8, 4) is 0 Å². The fourth-order valence-corrected chi connectivity index (χ4v) is 1.67. The molecule has 1 aliphatic carbocycles. The highest BCUT2D eigenvalue weighted by Gasteiger charge is 2.17. The van der Waals surface area contributed by atoms with Crippen LogP contribution in [0, 0.1) is 0 Å². The van der Waals surface area contributed by atoms with E-state index in [1.54, 1.807) is 0 Å². The Kier molecular flexibility index (Phi) is 1.36. The van der Waals surface area contributed by atoms with Crippen molar-refractivity contribution in [3.63, 3.8) is 0 Å². The van der Waals surface area contributed by atoms with Crippen molar-refractivity contribution in [2.75, 3.05) is 5.73 Å². The fourth-order valence-electron chi connectivity index (χ4n) is 1.67. The summed E-state index contributed by atoms with van der Waals surface area (Å²) >= 11 is 0.